The zero-order valence-electron chi connectivity index (χ0n) is 14.6. The number of halogens is 1. The summed E-state index contributed by atoms with van der Waals surface area (Å²) in [5, 5.41) is 3.34. The van der Waals surface area contributed by atoms with Crippen molar-refractivity contribution in [2.75, 3.05) is 4.72 Å². The number of sulfonamides is 1. The van der Waals surface area contributed by atoms with E-state index in [1.807, 2.05) is 20.8 Å². The molecule has 2 aromatic carbocycles. The van der Waals surface area contributed by atoms with Crippen LogP contribution in [0.4, 0.5) is 5.69 Å². The van der Waals surface area contributed by atoms with Gasteiger partial charge in [-0.2, -0.15) is 0 Å². The van der Waals surface area contributed by atoms with E-state index in [2.05, 4.69) is 10.0 Å². The molecule has 0 heterocycles. The van der Waals surface area contributed by atoms with Gasteiger partial charge >= 0.3 is 0 Å². The molecule has 0 radical (unpaired) electrons. The lowest BCUT2D eigenvalue weighted by Gasteiger charge is -2.20. The van der Waals surface area contributed by atoms with E-state index < -0.39 is 15.6 Å². The van der Waals surface area contributed by atoms with Crippen LogP contribution in [0.1, 0.15) is 36.7 Å². The number of hydrogen-bond donors (Lipinski definition) is 2. The molecule has 0 saturated carbocycles. The van der Waals surface area contributed by atoms with E-state index in [0.717, 1.165) is 0 Å². The fraction of sp³-hybridized carbons (Fsp3) is 0.278. The summed E-state index contributed by atoms with van der Waals surface area (Å²) in [5.74, 6) is -0.327. The Bertz CT molecular complexity index is 903. The van der Waals surface area contributed by atoms with Gasteiger partial charge in [-0.1, -0.05) is 17.7 Å². The van der Waals surface area contributed by atoms with Crippen molar-refractivity contribution in [2.24, 2.45) is 0 Å². The summed E-state index contributed by atoms with van der Waals surface area (Å²) < 4.78 is 27.8. The number of benzene rings is 2. The molecule has 134 valence electrons. The summed E-state index contributed by atoms with van der Waals surface area (Å²) in [6, 6.07) is 10.8. The Morgan fingerprint density at radius 1 is 1.08 bits per heavy atom. The van der Waals surface area contributed by atoms with E-state index in [0.29, 0.717) is 16.3 Å². The summed E-state index contributed by atoms with van der Waals surface area (Å²) >= 11 is 5.89. The average Bonchev–Trinajstić information content (AvgIpc) is 2.48. The highest BCUT2D eigenvalue weighted by molar-refractivity contribution is 7.92. The highest BCUT2D eigenvalue weighted by Gasteiger charge is 2.19. The van der Waals surface area contributed by atoms with Crippen molar-refractivity contribution in [1.29, 1.82) is 0 Å². The second-order valence-corrected chi connectivity index (χ2v) is 8.92. The van der Waals surface area contributed by atoms with Gasteiger partial charge < -0.3 is 5.32 Å². The fourth-order valence-electron chi connectivity index (χ4n) is 2.16. The largest absolute Gasteiger partial charge is 0.347 e. The Morgan fingerprint density at radius 3 is 2.36 bits per heavy atom. The van der Waals surface area contributed by atoms with E-state index >= 15 is 0 Å². The van der Waals surface area contributed by atoms with Crippen LogP contribution in [0, 0.1) is 6.92 Å². The minimum Gasteiger partial charge on any atom is -0.347 e. The van der Waals surface area contributed by atoms with Crippen molar-refractivity contribution in [3.05, 3.63) is 58.6 Å². The zero-order valence-corrected chi connectivity index (χ0v) is 16.1. The van der Waals surface area contributed by atoms with E-state index in [-0.39, 0.29) is 16.4 Å². The van der Waals surface area contributed by atoms with Crippen LogP contribution < -0.4 is 10.0 Å². The van der Waals surface area contributed by atoms with Crippen molar-refractivity contribution in [1.82, 2.24) is 5.32 Å². The monoisotopic (exact) mass is 380 g/mol. The first-order chi connectivity index (χ1) is 11.5. The van der Waals surface area contributed by atoms with Crippen molar-refractivity contribution in [3.8, 4) is 0 Å². The van der Waals surface area contributed by atoms with Crippen LogP contribution in [0.3, 0.4) is 0 Å². The van der Waals surface area contributed by atoms with Gasteiger partial charge in [0.15, 0.2) is 0 Å². The minimum atomic E-state index is -3.82. The lowest BCUT2D eigenvalue weighted by Crippen LogP contribution is -2.40. The number of carbonyl (C=O) groups excluding carboxylic acids is 1. The number of anilines is 1. The zero-order chi connectivity index (χ0) is 18.8. The predicted molar refractivity (Wildman–Crippen MR) is 101 cm³/mol. The maximum atomic E-state index is 12.6. The molecule has 2 aromatic rings. The molecule has 25 heavy (non-hydrogen) atoms. The Balaban J connectivity index is 2.31. The third-order valence-electron chi connectivity index (χ3n) is 3.33. The molecule has 0 aromatic heterocycles. The molecular weight excluding hydrogens is 360 g/mol. The average molecular weight is 381 g/mol. The molecule has 0 bridgehead atoms. The molecule has 0 aliphatic carbocycles. The molecule has 0 aliphatic heterocycles. The summed E-state index contributed by atoms with van der Waals surface area (Å²) in [6.07, 6.45) is 0. The van der Waals surface area contributed by atoms with Crippen LogP contribution in [-0.4, -0.2) is 19.9 Å². The number of carbonyl (C=O) groups is 1. The standard InChI is InChI=1S/C18H21ClN2O3S/c1-12-10-14(19)8-9-16(12)21-25(23,24)15-7-5-6-13(11-15)17(22)20-18(2,3)4/h5-11,21H,1-4H3,(H,20,22). The summed E-state index contributed by atoms with van der Waals surface area (Å²) in [5.41, 5.74) is 1.02. The molecule has 0 saturated heterocycles. The van der Waals surface area contributed by atoms with E-state index in [9.17, 15) is 13.2 Å². The van der Waals surface area contributed by atoms with Gasteiger partial charge in [0.05, 0.1) is 10.6 Å². The number of hydrogen-bond acceptors (Lipinski definition) is 3. The summed E-state index contributed by atoms with van der Waals surface area (Å²) in [4.78, 5) is 12.3. The third-order valence-corrected chi connectivity index (χ3v) is 4.93. The van der Waals surface area contributed by atoms with Crippen LogP contribution in [0.2, 0.25) is 5.02 Å². The molecule has 2 N–H and O–H groups in total. The van der Waals surface area contributed by atoms with Crippen molar-refractivity contribution in [3.63, 3.8) is 0 Å². The van der Waals surface area contributed by atoms with Gasteiger partial charge in [-0.05, 0) is 69.7 Å². The molecule has 7 heteroatoms. The van der Waals surface area contributed by atoms with Crippen LogP contribution in [0.15, 0.2) is 47.4 Å². The van der Waals surface area contributed by atoms with Gasteiger partial charge in [-0.25, -0.2) is 8.42 Å². The highest BCUT2D eigenvalue weighted by atomic mass is 35.5. The number of nitrogens with one attached hydrogen (secondary N) is 2. The second-order valence-electron chi connectivity index (χ2n) is 6.80. The topological polar surface area (TPSA) is 75.3 Å². The predicted octanol–water partition coefficient (Wildman–Crippen LogP) is 3.98. The first kappa shape index (κ1) is 19.3. The molecule has 0 atom stereocenters. The SMILES string of the molecule is Cc1cc(Cl)ccc1NS(=O)(=O)c1cccc(C(=O)NC(C)(C)C)c1. The van der Waals surface area contributed by atoms with Crippen molar-refractivity contribution < 1.29 is 13.2 Å². The maximum absolute atomic E-state index is 12.6. The van der Waals surface area contributed by atoms with Gasteiger partial charge in [-0.15, -0.1) is 0 Å². The Morgan fingerprint density at radius 2 is 1.76 bits per heavy atom. The Kier molecular flexibility index (Phi) is 5.44. The lowest BCUT2D eigenvalue weighted by molar-refractivity contribution is 0.0919. The Labute approximate surface area is 153 Å². The van der Waals surface area contributed by atoms with E-state index in [1.54, 1.807) is 37.3 Å². The summed E-state index contributed by atoms with van der Waals surface area (Å²) in [7, 11) is -3.82. The van der Waals surface area contributed by atoms with Gasteiger partial charge in [-0.3, -0.25) is 9.52 Å². The van der Waals surface area contributed by atoms with Crippen LogP contribution in [-0.2, 0) is 10.0 Å². The van der Waals surface area contributed by atoms with Crippen LogP contribution in [0.5, 0.6) is 0 Å². The number of rotatable bonds is 4. The molecule has 0 aliphatic rings. The molecule has 5 nitrogen and oxygen atoms in total. The van der Waals surface area contributed by atoms with Crippen molar-refractivity contribution >= 4 is 33.2 Å². The highest BCUT2D eigenvalue weighted by Crippen LogP contribution is 2.23. The second kappa shape index (κ2) is 7.06. The lowest BCUT2D eigenvalue weighted by atomic mass is 10.1. The fourth-order valence-corrected chi connectivity index (χ4v) is 3.57. The Hall–Kier alpha value is -2.05. The summed E-state index contributed by atoms with van der Waals surface area (Å²) in [6.45, 7) is 7.33. The van der Waals surface area contributed by atoms with Gasteiger partial charge in [0.25, 0.3) is 15.9 Å². The number of aryl methyl sites for hydroxylation is 1. The first-order valence-electron chi connectivity index (χ1n) is 7.69. The molecule has 2 rings (SSSR count). The minimum absolute atomic E-state index is 0.0170. The first-order valence-corrected chi connectivity index (χ1v) is 9.56. The third kappa shape index (κ3) is 5.21. The van der Waals surface area contributed by atoms with Gasteiger partial charge in [0, 0.05) is 16.1 Å². The quantitative estimate of drug-likeness (QED) is 0.842. The molecule has 1 amide bonds. The smallest absolute Gasteiger partial charge is 0.261 e. The van der Waals surface area contributed by atoms with Crippen molar-refractivity contribution in [2.45, 2.75) is 38.1 Å². The van der Waals surface area contributed by atoms with Gasteiger partial charge in [0.2, 0.25) is 0 Å². The normalized spacial score (nSPS) is 11.9. The molecule has 0 spiro atoms. The van der Waals surface area contributed by atoms with Crippen LogP contribution >= 0.6 is 11.6 Å². The molecule has 0 fully saturated rings. The van der Waals surface area contributed by atoms with Crippen LogP contribution in [0.25, 0.3) is 0 Å². The number of amides is 1. The van der Waals surface area contributed by atoms with Gasteiger partial charge in [0.1, 0.15) is 0 Å². The van der Waals surface area contributed by atoms with E-state index in [4.69, 9.17) is 11.6 Å². The maximum Gasteiger partial charge on any atom is 0.261 e. The molecular formula is C18H21ClN2O3S. The van der Waals surface area contributed by atoms with E-state index in [1.165, 1.54) is 12.1 Å². The molecule has 0 unspecified atom stereocenters.